The highest BCUT2D eigenvalue weighted by molar-refractivity contribution is 14.1. The SMILES string of the molecule is Cc1ncsc1-c1ccc([C@H](CC(=O)NCCCCCCCCCNCCCOCC(=O)c2ccc(F)c(F)c2Nc2ccc(I)cc2F)NC(=O)[C@@H]2C[C@@H](O)CN2C(=O)C(NC(=O)C2(F)CC2)C(C)(C)C)cc1. The molecule has 402 valence electrons. The zero-order valence-electron chi connectivity index (χ0n) is 42.4. The van der Waals surface area contributed by atoms with E-state index < -0.39 is 82.0 Å². The Morgan fingerprint density at radius 2 is 1.57 bits per heavy atom. The number of β-amino-alcohol motifs (C(OH)–C–C–N with tert-alkyl or cyclic N) is 1. The number of unbranched alkanes of at least 4 members (excludes halogenated alkanes) is 6. The number of benzene rings is 3. The highest BCUT2D eigenvalue weighted by Gasteiger charge is 2.53. The monoisotopic (exact) mass is 1160 g/mol. The van der Waals surface area contributed by atoms with E-state index in [9.17, 15) is 46.6 Å². The number of carbonyl (C=O) groups is 5. The number of hydrogen-bond donors (Lipinski definition) is 6. The number of alkyl halides is 1. The van der Waals surface area contributed by atoms with Crippen LogP contribution in [0.25, 0.3) is 10.4 Å². The number of rotatable bonds is 28. The summed E-state index contributed by atoms with van der Waals surface area (Å²) in [5.74, 6) is -5.97. The van der Waals surface area contributed by atoms with Gasteiger partial charge in [-0.3, -0.25) is 24.0 Å². The van der Waals surface area contributed by atoms with Gasteiger partial charge in [-0.1, -0.05) is 77.1 Å². The molecule has 1 aromatic heterocycles. The van der Waals surface area contributed by atoms with E-state index in [0.717, 1.165) is 79.8 Å². The molecule has 1 aliphatic carbocycles. The number of carbonyl (C=O) groups excluding carboxylic acids is 5. The second kappa shape index (κ2) is 27.1. The summed E-state index contributed by atoms with van der Waals surface area (Å²) in [7, 11) is 0. The Bertz CT molecular complexity index is 2580. The molecule has 2 fully saturated rings. The molecule has 6 rings (SSSR count). The van der Waals surface area contributed by atoms with Gasteiger partial charge < -0.3 is 41.3 Å². The molecule has 2 heterocycles. The van der Waals surface area contributed by atoms with Gasteiger partial charge in [0.25, 0.3) is 5.91 Å². The predicted octanol–water partition coefficient (Wildman–Crippen LogP) is 9.15. The third kappa shape index (κ3) is 16.5. The number of halogens is 5. The molecule has 1 saturated heterocycles. The van der Waals surface area contributed by atoms with Gasteiger partial charge in [0, 0.05) is 35.3 Å². The summed E-state index contributed by atoms with van der Waals surface area (Å²) in [6.07, 6.45) is 6.50. The zero-order chi connectivity index (χ0) is 53.6. The van der Waals surface area contributed by atoms with Crippen molar-refractivity contribution in [2.75, 3.05) is 44.7 Å². The number of likely N-dealkylation sites (tertiary alicyclic amines) is 1. The van der Waals surface area contributed by atoms with E-state index in [-0.39, 0.29) is 62.6 Å². The first-order valence-corrected chi connectivity index (χ1v) is 27.3. The molecule has 4 atom stereocenters. The molecule has 4 aromatic rings. The minimum atomic E-state index is -2.01. The van der Waals surface area contributed by atoms with E-state index >= 15 is 0 Å². The Morgan fingerprint density at radius 3 is 2.22 bits per heavy atom. The molecule has 3 aromatic carbocycles. The van der Waals surface area contributed by atoms with Gasteiger partial charge in [0.15, 0.2) is 23.1 Å². The van der Waals surface area contributed by atoms with Crippen molar-refractivity contribution in [1.82, 2.24) is 31.2 Å². The van der Waals surface area contributed by atoms with Gasteiger partial charge in [-0.15, -0.1) is 11.3 Å². The number of anilines is 2. The third-order valence-corrected chi connectivity index (χ3v) is 14.8. The lowest BCUT2D eigenvalue weighted by molar-refractivity contribution is -0.145. The molecule has 0 radical (unpaired) electrons. The van der Waals surface area contributed by atoms with E-state index in [0.29, 0.717) is 28.6 Å². The van der Waals surface area contributed by atoms with Crippen molar-refractivity contribution >= 4 is 74.7 Å². The summed E-state index contributed by atoms with van der Waals surface area (Å²) in [4.78, 5) is 73.9. The number of thiazole rings is 1. The van der Waals surface area contributed by atoms with Crippen LogP contribution in [0.2, 0.25) is 0 Å². The minimum Gasteiger partial charge on any atom is -0.391 e. The van der Waals surface area contributed by atoms with E-state index in [2.05, 4.69) is 31.6 Å². The fourth-order valence-electron chi connectivity index (χ4n) is 8.73. The van der Waals surface area contributed by atoms with Gasteiger partial charge in [0.05, 0.1) is 46.0 Å². The lowest BCUT2D eigenvalue weighted by atomic mass is 9.85. The summed E-state index contributed by atoms with van der Waals surface area (Å²) in [5, 5.41) is 25.2. The van der Waals surface area contributed by atoms with Crippen molar-refractivity contribution in [1.29, 1.82) is 0 Å². The van der Waals surface area contributed by atoms with Gasteiger partial charge in [-0.2, -0.15) is 0 Å². The quantitative estimate of drug-likeness (QED) is 0.0138. The van der Waals surface area contributed by atoms with Crippen molar-refractivity contribution < 1.29 is 51.4 Å². The summed E-state index contributed by atoms with van der Waals surface area (Å²) in [6.45, 7) is 8.87. The Morgan fingerprint density at radius 1 is 0.892 bits per heavy atom. The highest BCUT2D eigenvalue weighted by Crippen LogP contribution is 2.41. The fraction of sp³-hybridized carbons (Fsp3) is 0.519. The van der Waals surface area contributed by atoms with Crippen LogP contribution in [0.3, 0.4) is 0 Å². The number of ketones is 1. The molecule has 74 heavy (non-hydrogen) atoms. The number of aliphatic hydroxyl groups is 1. The van der Waals surface area contributed by atoms with Crippen LogP contribution < -0.4 is 26.6 Å². The van der Waals surface area contributed by atoms with Crippen LogP contribution in [0.4, 0.5) is 28.9 Å². The maximum atomic E-state index is 14.7. The van der Waals surface area contributed by atoms with Crippen molar-refractivity contribution in [2.45, 2.75) is 135 Å². The van der Waals surface area contributed by atoms with Gasteiger partial charge in [0.1, 0.15) is 24.5 Å². The molecule has 0 bridgehead atoms. The van der Waals surface area contributed by atoms with Gasteiger partial charge in [-0.05, 0) is 122 Å². The van der Waals surface area contributed by atoms with Crippen LogP contribution in [0, 0.1) is 33.4 Å². The third-order valence-electron chi connectivity index (χ3n) is 13.2. The summed E-state index contributed by atoms with van der Waals surface area (Å²) < 4.78 is 64.1. The highest BCUT2D eigenvalue weighted by atomic mass is 127. The second-order valence-electron chi connectivity index (χ2n) is 20.2. The molecule has 20 heteroatoms. The van der Waals surface area contributed by atoms with Crippen molar-refractivity contribution in [3.05, 3.63) is 98.0 Å². The number of aliphatic hydroxyl groups excluding tert-OH is 1. The van der Waals surface area contributed by atoms with Crippen LogP contribution in [-0.2, 0) is 23.9 Å². The minimum absolute atomic E-state index is 0.0482. The maximum absolute atomic E-state index is 14.7. The largest absolute Gasteiger partial charge is 0.391 e. The summed E-state index contributed by atoms with van der Waals surface area (Å²) in [6, 6.07) is 10.7. The standard InChI is InChI=1S/C54H68F4IN7O7S/c1-33-48(74-32-62-33)35-15-13-34(14-16-35)42(64-50(70)43-28-37(67)30-66(43)51(71)49(53(2,3)4)65-52(72)54(58)21-22-54)29-45(69)61-25-11-9-7-5-6-8-10-23-60-24-12-26-73-31-44(68)38-18-19-39(55)46(57)47(38)63-41-20-17-36(59)27-40(41)56/h13-20,27,32,37,42-43,49,60,63,67H,5-12,21-26,28-31H2,1-4H3,(H,61,69)(H,64,70)(H,65,72)/t37-,42+,43+,49?/m1/s1. The van der Waals surface area contributed by atoms with Crippen LogP contribution in [0.15, 0.2) is 60.1 Å². The lowest BCUT2D eigenvalue weighted by Crippen LogP contribution is -2.59. The molecule has 1 unspecified atom stereocenters. The summed E-state index contributed by atoms with van der Waals surface area (Å²) >= 11 is 3.44. The first-order valence-electron chi connectivity index (χ1n) is 25.3. The first kappa shape index (κ1) is 58.2. The smallest absolute Gasteiger partial charge is 0.258 e. The Labute approximate surface area is 448 Å². The van der Waals surface area contributed by atoms with E-state index in [1.165, 1.54) is 28.4 Å². The van der Waals surface area contributed by atoms with E-state index in [1.54, 1.807) is 32.3 Å². The number of nitrogens with one attached hydrogen (secondary N) is 5. The van der Waals surface area contributed by atoms with E-state index in [1.807, 2.05) is 53.8 Å². The Kier molecular flexibility index (Phi) is 21.4. The maximum Gasteiger partial charge on any atom is 0.258 e. The number of ether oxygens (including phenoxy) is 1. The molecule has 14 nitrogen and oxygen atoms in total. The Balaban J connectivity index is 0.880. The first-order chi connectivity index (χ1) is 35.2. The molecule has 4 amide bonds. The number of aryl methyl sites for hydroxylation is 1. The lowest BCUT2D eigenvalue weighted by Gasteiger charge is -2.36. The number of nitrogens with zero attached hydrogens (tertiary/aromatic N) is 2. The zero-order valence-corrected chi connectivity index (χ0v) is 45.4. The van der Waals surface area contributed by atoms with E-state index in [4.69, 9.17) is 4.74 Å². The average Bonchev–Trinajstić information content (AvgIpc) is 3.76. The average molecular weight is 1160 g/mol. The molecule has 6 N–H and O–H groups in total. The van der Waals surface area contributed by atoms with Crippen LogP contribution >= 0.6 is 33.9 Å². The van der Waals surface area contributed by atoms with Crippen LogP contribution in [0.5, 0.6) is 0 Å². The predicted molar refractivity (Wildman–Crippen MR) is 285 cm³/mol. The normalized spacial score (nSPS) is 16.9. The molecular weight excluding hydrogens is 1090 g/mol. The second-order valence-corrected chi connectivity index (χ2v) is 22.3. The van der Waals surface area contributed by atoms with Crippen LogP contribution in [0.1, 0.15) is 125 Å². The topological polar surface area (TPSA) is 191 Å². The number of Topliss-reactive ketones (excluding diaryl/α,β-unsaturated/α-hetero) is 1. The van der Waals surface area contributed by atoms with Gasteiger partial charge in [0.2, 0.25) is 17.7 Å². The Hall–Kier alpha value is -5.03. The molecule has 0 spiro atoms. The molecular formula is C54H68F4IN7O7S. The molecule has 1 aliphatic heterocycles. The van der Waals surface area contributed by atoms with Crippen molar-refractivity contribution in [3.63, 3.8) is 0 Å². The molecule has 1 saturated carbocycles. The van der Waals surface area contributed by atoms with Crippen molar-refractivity contribution in [3.8, 4) is 10.4 Å². The van der Waals surface area contributed by atoms with Crippen molar-refractivity contribution in [2.24, 2.45) is 5.41 Å². The van der Waals surface area contributed by atoms with Crippen LogP contribution in [-0.4, -0.2) is 108 Å². The number of aromatic nitrogens is 1. The molecule has 2 aliphatic rings. The van der Waals surface area contributed by atoms with Gasteiger partial charge >= 0.3 is 0 Å². The number of hydrogen-bond acceptors (Lipinski definition) is 11. The number of amides is 4. The van der Waals surface area contributed by atoms with Gasteiger partial charge in [-0.25, -0.2) is 22.5 Å². The fourth-order valence-corrected chi connectivity index (χ4v) is 9.99. The summed E-state index contributed by atoms with van der Waals surface area (Å²) in [5.41, 5.74) is 0.738.